The van der Waals surface area contributed by atoms with Gasteiger partial charge in [0.1, 0.15) is 29.9 Å². The number of fused-ring (bicyclic) bond motifs is 1. The molecule has 228 valence electrons. The highest BCUT2D eigenvalue weighted by Gasteiger charge is 2.39. The van der Waals surface area contributed by atoms with Crippen LogP contribution in [0.3, 0.4) is 0 Å². The standard InChI is InChI=1S/C34H27F3N4O4/c1-34(2)18-44-17-30(34)41-29-12-19(33(42)43)8-10-28(29)39-31(41)13-21-11-26(37)23(15-25(21)36)27-5-4-6-32(40-27)45-16-20-7-9-22(38-3)14-24(20)35/h4-12,14-15,30H,13,16-18H2,1-2H3,(H,42,43)/t30-/m1/s1. The lowest BCUT2D eigenvalue weighted by Crippen LogP contribution is -2.27. The summed E-state index contributed by atoms with van der Waals surface area (Å²) in [4.78, 5) is 23.9. The molecule has 1 N–H and O–H groups in total. The van der Waals surface area contributed by atoms with Crippen molar-refractivity contribution < 1.29 is 32.5 Å². The number of carboxylic acid groups (broad SMARTS) is 1. The number of nitrogens with zero attached hydrogens (tertiary/aromatic N) is 4. The monoisotopic (exact) mass is 612 g/mol. The molecular weight excluding hydrogens is 585 g/mol. The number of ether oxygens (including phenoxy) is 2. The molecule has 0 aliphatic carbocycles. The fraction of sp³-hybridized carbons (Fsp3) is 0.235. The minimum atomic E-state index is -1.08. The summed E-state index contributed by atoms with van der Waals surface area (Å²) in [6.07, 6.45) is -0.0544. The first-order valence-electron chi connectivity index (χ1n) is 14.1. The highest BCUT2D eigenvalue weighted by Crippen LogP contribution is 2.40. The van der Waals surface area contributed by atoms with Crippen LogP contribution in [0.1, 0.15) is 47.2 Å². The van der Waals surface area contributed by atoms with Crippen molar-refractivity contribution in [2.75, 3.05) is 13.2 Å². The van der Waals surface area contributed by atoms with Crippen molar-refractivity contribution in [1.82, 2.24) is 14.5 Å². The summed E-state index contributed by atoms with van der Waals surface area (Å²) in [5.41, 5.74) is 1.38. The van der Waals surface area contributed by atoms with Gasteiger partial charge in [0.2, 0.25) is 5.88 Å². The summed E-state index contributed by atoms with van der Waals surface area (Å²) in [7, 11) is 0. The number of halogens is 3. The molecule has 0 spiro atoms. The third-order valence-corrected chi connectivity index (χ3v) is 8.00. The Hall–Kier alpha value is -5.21. The number of carboxylic acids is 1. The first-order chi connectivity index (χ1) is 21.5. The van der Waals surface area contributed by atoms with Crippen molar-refractivity contribution in [1.29, 1.82) is 0 Å². The summed E-state index contributed by atoms with van der Waals surface area (Å²) in [6, 6.07) is 15.2. The Bertz CT molecular complexity index is 2000. The number of hydrogen-bond acceptors (Lipinski definition) is 5. The fourth-order valence-corrected chi connectivity index (χ4v) is 5.54. The van der Waals surface area contributed by atoms with E-state index in [1.807, 2.05) is 18.4 Å². The van der Waals surface area contributed by atoms with Crippen LogP contribution < -0.4 is 4.74 Å². The predicted molar refractivity (Wildman–Crippen MR) is 160 cm³/mol. The summed E-state index contributed by atoms with van der Waals surface area (Å²) < 4.78 is 58.7. The van der Waals surface area contributed by atoms with Gasteiger partial charge in [-0.1, -0.05) is 32.0 Å². The maximum atomic E-state index is 15.6. The Morgan fingerprint density at radius 3 is 2.56 bits per heavy atom. The SMILES string of the molecule is [C-]#[N+]c1ccc(COc2cccc(-c3cc(F)c(Cc4nc5ccc(C(=O)O)cc5n4[C@@H]4COCC4(C)C)cc3F)n2)c(F)c1. The number of pyridine rings is 1. The number of hydrogen-bond donors (Lipinski definition) is 1. The Morgan fingerprint density at radius 1 is 1.04 bits per heavy atom. The molecule has 1 aliphatic heterocycles. The maximum Gasteiger partial charge on any atom is 0.335 e. The molecular formula is C34H27F3N4O4. The molecule has 1 atom stereocenters. The van der Waals surface area contributed by atoms with Crippen molar-refractivity contribution in [2.24, 2.45) is 5.41 Å². The summed E-state index contributed by atoms with van der Waals surface area (Å²) in [5.74, 6) is -2.52. The first-order valence-corrected chi connectivity index (χ1v) is 14.1. The predicted octanol–water partition coefficient (Wildman–Crippen LogP) is 7.53. The van der Waals surface area contributed by atoms with Gasteiger partial charge in [-0.2, -0.15) is 0 Å². The third-order valence-electron chi connectivity index (χ3n) is 8.00. The van der Waals surface area contributed by atoms with Gasteiger partial charge in [-0.3, -0.25) is 0 Å². The average molecular weight is 613 g/mol. The van der Waals surface area contributed by atoms with Crippen LogP contribution >= 0.6 is 0 Å². The fourth-order valence-electron chi connectivity index (χ4n) is 5.54. The van der Waals surface area contributed by atoms with Gasteiger partial charge < -0.3 is 19.1 Å². The zero-order valence-corrected chi connectivity index (χ0v) is 24.4. The Labute approximate surface area is 256 Å². The average Bonchev–Trinajstić information content (AvgIpc) is 3.55. The van der Waals surface area contributed by atoms with E-state index in [2.05, 4.69) is 9.83 Å². The second-order valence-corrected chi connectivity index (χ2v) is 11.6. The molecule has 0 unspecified atom stereocenters. The molecule has 45 heavy (non-hydrogen) atoms. The molecule has 3 aromatic carbocycles. The number of rotatable bonds is 8. The Kier molecular flexibility index (Phi) is 7.76. The normalized spacial score (nSPS) is 15.7. The maximum absolute atomic E-state index is 15.6. The zero-order chi connectivity index (χ0) is 31.9. The minimum absolute atomic E-state index is 0.0544. The summed E-state index contributed by atoms with van der Waals surface area (Å²) >= 11 is 0. The van der Waals surface area contributed by atoms with Gasteiger partial charge in [0.25, 0.3) is 0 Å². The van der Waals surface area contributed by atoms with Crippen LogP contribution in [0, 0.1) is 29.4 Å². The van der Waals surface area contributed by atoms with Gasteiger partial charge in [0.15, 0.2) is 5.69 Å². The molecule has 0 bridgehead atoms. The van der Waals surface area contributed by atoms with E-state index in [1.165, 1.54) is 30.3 Å². The topological polar surface area (TPSA) is 90.8 Å². The van der Waals surface area contributed by atoms with Gasteiger partial charge >= 0.3 is 5.97 Å². The molecule has 8 nitrogen and oxygen atoms in total. The van der Waals surface area contributed by atoms with Gasteiger partial charge in [-0.15, -0.1) is 0 Å². The van der Waals surface area contributed by atoms with Gasteiger partial charge in [-0.05, 0) is 48.0 Å². The summed E-state index contributed by atoms with van der Waals surface area (Å²) in [5, 5.41) is 9.58. The molecule has 0 radical (unpaired) electrons. The lowest BCUT2D eigenvalue weighted by atomic mass is 9.87. The van der Waals surface area contributed by atoms with E-state index in [1.54, 1.807) is 18.2 Å². The van der Waals surface area contributed by atoms with E-state index in [9.17, 15) is 14.3 Å². The second-order valence-electron chi connectivity index (χ2n) is 11.6. The molecule has 5 aromatic rings. The van der Waals surface area contributed by atoms with Gasteiger partial charge in [-0.25, -0.2) is 32.8 Å². The van der Waals surface area contributed by atoms with Gasteiger partial charge in [0.05, 0.1) is 48.1 Å². The van der Waals surface area contributed by atoms with Crippen LogP contribution in [0.2, 0.25) is 0 Å². The van der Waals surface area contributed by atoms with Crippen molar-refractivity contribution in [2.45, 2.75) is 32.9 Å². The second kappa shape index (κ2) is 11.7. The number of benzene rings is 3. The van der Waals surface area contributed by atoms with Crippen molar-refractivity contribution in [3.63, 3.8) is 0 Å². The minimum Gasteiger partial charge on any atom is -0.478 e. The largest absolute Gasteiger partial charge is 0.478 e. The van der Waals surface area contributed by atoms with E-state index >= 15 is 8.78 Å². The van der Waals surface area contributed by atoms with Crippen LogP contribution in [0.25, 0.3) is 27.1 Å². The quantitative estimate of drug-likeness (QED) is 0.182. The highest BCUT2D eigenvalue weighted by atomic mass is 19.1. The van der Waals surface area contributed by atoms with E-state index in [-0.39, 0.29) is 64.0 Å². The van der Waals surface area contributed by atoms with Crippen molar-refractivity contribution in [3.8, 4) is 17.1 Å². The molecule has 11 heteroatoms. The van der Waals surface area contributed by atoms with E-state index in [0.29, 0.717) is 30.1 Å². The zero-order valence-electron chi connectivity index (χ0n) is 24.4. The molecule has 1 aliphatic rings. The molecule has 1 saturated heterocycles. The number of aromatic nitrogens is 3. The van der Waals surface area contributed by atoms with Gasteiger partial charge in [0, 0.05) is 29.0 Å². The number of imidazole rings is 1. The molecule has 0 amide bonds. The molecule has 0 saturated carbocycles. The Morgan fingerprint density at radius 2 is 1.84 bits per heavy atom. The molecule has 6 rings (SSSR count). The first kappa shape index (κ1) is 29.8. The van der Waals surface area contributed by atoms with E-state index in [4.69, 9.17) is 21.0 Å². The molecule has 2 aromatic heterocycles. The van der Waals surface area contributed by atoms with Crippen molar-refractivity contribution >= 4 is 22.7 Å². The van der Waals surface area contributed by atoms with Crippen LogP contribution in [-0.2, 0) is 17.8 Å². The van der Waals surface area contributed by atoms with E-state index < -0.39 is 23.4 Å². The Balaban J connectivity index is 1.30. The lowest BCUT2D eigenvalue weighted by molar-refractivity contribution is 0.0697. The van der Waals surface area contributed by atoms with Crippen LogP contribution in [0.5, 0.6) is 5.88 Å². The number of aromatic carboxylic acids is 1. The molecule has 1 fully saturated rings. The van der Waals surface area contributed by atoms with Crippen LogP contribution in [-0.4, -0.2) is 38.8 Å². The third kappa shape index (κ3) is 5.84. The summed E-state index contributed by atoms with van der Waals surface area (Å²) in [6.45, 7) is 11.7. The van der Waals surface area contributed by atoms with Crippen LogP contribution in [0.15, 0.2) is 66.7 Å². The van der Waals surface area contributed by atoms with Crippen molar-refractivity contribution in [3.05, 3.63) is 118 Å². The lowest BCUT2D eigenvalue weighted by Gasteiger charge is -2.28. The van der Waals surface area contributed by atoms with Crippen LogP contribution in [0.4, 0.5) is 18.9 Å². The molecule has 3 heterocycles. The number of carbonyl (C=O) groups is 1. The van der Waals surface area contributed by atoms with E-state index in [0.717, 1.165) is 18.2 Å². The smallest absolute Gasteiger partial charge is 0.335 e. The highest BCUT2D eigenvalue weighted by molar-refractivity contribution is 5.92.